The second-order valence-corrected chi connectivity index (χ2v) is 2.90. The van der Waals surface area contributed by atoms with Crippen LogP contribution in [-0.2, 0) is 4.74 Å². The lowest BCUT2D eigenvalue weighted by Crippen LogP contribution is -2.48. The summed E-state index contributed by atoms with van der Waals surface area (Å²) in [7, 11) is 0. The van der Waals surface area contributed by atoms with Gasteiger partial charge in [0.25, 0.3) is 0 Å². The fourth-order valence-corrected chi connectivity index (χ4v) is 1.08. The van der Waals surface area contributed by atoms with Crippen LogP contribution in [-0.4, -0.2) is 43.3 Å². The number of ether oxygens (including phenoxy) is 1. The first-order valence-corrected chi connectivity index (χ1v) is 4.27. The minimum Gasteiger partial charge on any atom is -0.378 e. The Bertz CT molecular complexity index is 218. The molecule has 1 heterocycles. The molecule has 0 aromatic heterocycles. The Morgan fingerprint density at radius 1 is 1.62 bits per heavy atom. The first-order valence-electron chi connectivity index (χ1n) is 4.27. The SMILES string of the molecule is CC(C#N)NC(=O)N1CCOCC1. The molecule has 13 heavy (non-hydrogen) atoms. The van der Waals surface area contributed by atoms with Gasteiger partial charge >= 0.3 is 6.03 Å². The maximum Gasteiger partial charge on any atom is 0.318 e. The summed E-state index contributed by atoms with van der Waals surface area (Å²) in [5, 5.41) is 11.0. The maximum atomic E-state index is 11.4. The molecule has 2 amide bonds. The Labute approximate surface area is 77.3 Å². The van der Waals surface area contributed by atoms with Gasteiger partial charge in [-0.05, 0) is 6.92 Å². The molecule has 1 aliphatic heterocycles. The fraction of sp³-hybridized carbons (Fsp3) is 0.750. The maximum absolute atomic E-state index is 11.4. The molecule has 0 aromatic carbocycles. The molecule has 72 valence electrons. The second-order valence-electron chi connectivity index (χ2n) is 2.90. The van der Waals surface area contributed by atoms with E-state index in [2.05, 4.69) is 5.32 Å². The predicted molar refractivity (Wildman–Crippen MR) is 46.0 cm³/mol. The number of morpholine rings is 1. The molecular formula is C8H13N3O2. The predicted octanol–water partition coefficient (Wildman–Crippen LogP) is -0.0597. The number of urea groups is 1. The summed E-state index contributed by atoms with van der Waals surface area (Å²) in [6, 6.07) is 1.33. The highest BCUT2D eigenvalue weighted by atomic mass is 16.5. The van der Waals surface area contributed by atoms with E-state index in [9.17, 15) is 4.79 Å². The molecule has 0 spiro atoms. The molecule has 0 bridgehead atoms. The molecule has 5 nitrogen and oxygen atoms in total. The number of nitriles is 1. The average Bonchev–Trinajstić information content (AvgIpc) is 2.19. The third kappa shape index (κ3) is 2.92. The molecule has 1 N–H and O–H groups in total. The smallest absolute Gasteiger partial charge is 0.318 e. The summed E-state index contributed by atoms with van der Waals surface area (Å²) in [5.74, 6) is 0. The second kappa shape index (κ2) is 4.67. The van der Waals surface area contributed by atoms with E-state index in [0.717, 1.165) is 0 Å². The van der Waals surface area contributed by atoms with E-state index in [-0.39, 0.29) is 6.03 Å². The van der Waals surface area contributed by atoms with E-state index in [1.807, 2.05) is 6.07 Å². The molecule has 1 fully saturated rings. The van der Waals surface area contributed by atoms with Crippen LogP contribution in [0.3, 0.4) is 0 Å². The Balaban J connectivity index is 2.34. The van der Waals surface area contributed by atoms with Gasteiger partial charge in [0.05, 0.1) is 19.3 Å². The van der Waals surface area contributed by atoms with Gasteiger partial charge in [-0.15, -0.1) is 0 Å². The van der Waals surface area contributed by atoms with Crippen molar-refractivity contribution in [3.63, 3.8) is 0 Å². The van der Waals surface area contributed by atoms with Crippen LogP contribution in [0.5, 0.6) is 0 Å². The summed E-state index contributed by atoms with van der Waals surface area (Å²) in [6.45, 7) is 4.01. The normalized spacial score (nSPS) is 18.9. The Morgan fingerprint density at radius 3 is 2.77 bits per heavy atom. The van der Waals surface area contributed by atoms with Gasteiger partial charge in [0, 0.05) is 13.1 Å². The number of amides is 2. The number of rotatable bonds is 1. The number of hydrogen-bond acceptors (Lipinski definition) is 3. The van der Waals surface area contributed by atoms with Crippen molar-refractivity contribution in [2.75, 3.05) is 26.3 Å². The molecule has 0 saturated carbocycles. The van der Waals surface area contributed by atoms with Gasteiger partial charge in [-0.25, -0.2) is 4.79 Å². The average molecular weight is 183 g/mol. The van der Waals surface area contributed by atoms with Crippen molar-refractivity contribution in [1.82, 2.24) is 10.2 Å². The lowest BCUT2D eigenvalue weighted by molar-refractivity contribution is 0.0530. The third-order valence-electron chi connectivity index (χ3n) is 1.83. The van der Waals surface area contributed by atoms with Gasteiger partial charge in [0.2, 0.25) is 0 Å². The molecule has 1 aliphatic rings. The van der Waals surface area contributed by atoms with Crippen LogP contribution in [0.15, 0.2) is 0 Å². The third-order valence-corrected chi connectivity index (χ3v) is 1.83. The van der Waals surface area contributed by atoms with Gasteiger partial charge < -0.3 is 15.0 Å². The summed E-state index contributed by atoms with van der Waals surface area (Å²) >= 11 is 0. The van der Waals surface area contributed by atoms with Gasteiger partial charge in [-0.3, -0.25) is 0 Å². The van der Waals surface area contributed by atoms with Crippen LogP contribution in [0.2, 0.25) is 0 Å². The minimum absolute atomic E-state index is 0.183. The van der Waals surface area contributed by atoms with Gasteiger partial charge in [-0.2, -0.15) is 5.26 Å². The zero-order valence-corrected chi connectivity index (χ0v) is 7.62. The van der Waals surface area contributed by atoms with Crippen LogP contribution in [0.1, 0.15) is 6.92 Å². The topological polar surface area (TPSA) is 65.4 Å². The Hall–Kier alpha value is -1.28. The fourth-order valence-electron chi connectivity index (χ4n) is 1.08. The summed E-state index contributed by atoms with van der Waals surface area (Å²) in [4.78, 5) is 13.0. The lowest BCUT2D eigenvalue weighted by atomic mass is 10.4. The number of carbonyl (C=O) groups is 1. The van der Waals surface area contributed by atoms with Crippen molar-refractivity contribution < 1.29 is 9.53 Å². The van der Waals surface area contributed by atoms with Gasteiger partial charge in [-0.1, -0.05) is 0 Å². The number of hydrogen-bond donors (Lipinski definition) is 1. The highest BCUT2D eigenvalue weighted by Crippen LogP contribution is 1.97. The monoisotopic (exact) mass is 183 g/mol. The van der Waals surface area contributed by atoms with Crippen LogP contribution in [0.4, 0.5) is 4.79 Å². The van der Waals surface area contributed by atoms with E-state index < -0.39 is 6.04 Å². The van der Waals surface area contributed by atoms with Crippen molar-refractivity contribution in [3.05, 3.63) is 0 Å². The number of nitrogens with one attached hydrogen (secondary N) is 1. The van der Waals surface area contributed by atoms with Crippen molar-refractivity contribution in [1.29, 1.82) is 5.26 Å². The molecule has 1 rings (SSSR count). The van der Waals surface area contributed by atoms with Crippen LogP contribution in [0.25, 0.3) is 0 Å². The first kappa shape index (κ1) is 9.81. The molecular weight excluding hydrogens is 170 g/mol. The van der Waals surface area contributed by atoms with Gasteiger partial charge in [0.15, 0.2) is 0 Å². The molecule has 0 radical (unpaired) electrons. The number of nitrogens with zero attached hydrogens (tertiary/aromatic N) is 2. The molecule has 1 saturated heterocycles. The van der Waals surface area contributed by atoms with Crippen LogP contribution >= 0.6 is 0 Å². The summed E-state index contributed by atoms with van der Waals surface area (Å²) in [6.07, 6.45) is 0. The number of carbonyl (C=O) groups excluding carboxylic acids is 1. The van der Waals surface area contributed by atoms with Crippen molar-refractivity contribution in [2.45, 2.75) is 13.0 Å². The highest BCUT2D eigenvalue weighted by Gasteiger charge is 2.17. The van der Waals surface area contributed by atoms with E-state index in [4.69, 9.17) is 10.00 Å². The standard InChI is InChI=1S/C8H13N3O2/c1-7(6-9)10-8(12)11-2-4-13-5-3-11/h7H,2-5H2,1H3,(H,10,12). The summed E-state index contributed by atoms with van der Waals surface area (Å²) < 4.78 is 5.09. The quantitative estimate of drug-likeness (QED) is 0.619. The molecule has 1 unspecified atom stereocenters. The van der Waals surface area contributed by atoms with Crippen LogP contribution < -0.4 is 5.32 Å². The molecule has 0 aliphatic carbocycles. The zero-order valence-electron chi connectivity index (χ0n) is 7.62. The van der Waals surface area contributed by atoms with Crippen molar-refractivity contribution in [3.8, 4) is 6.07 Å². The zero-order chi connectivity index (χ0) is 9.68. The summed E-state index contributed by atoms with van der Waals surface area (Å²) in [5.41, 5.74) is 0. The van der Waals surface area contributed by atoms with Gasteiger partial charge in [0.1, 0.15) is 6.04 Å². The Kier molecular flexibility index (Phi) is 3.53. The van der Waals surface area contributed by atoms with Crippen molar-refractivity contribution in [2.24, 2.45) is 0 Å². The van der Waals surface area contributed by atoms with E-state index >= 15 is 0 Å². The van der Waals surface area contributed by atoms with E-state index in [1.165, 1.54) is 0 Å². The van der Waals surface area contributed by atoms with Crippen LogP contribution in [0, 0.1) is 11.3 Å². The Morgan fingerprint density at radius 2 is 2.23 bits per heavy atom. The minimum atomic E-state index is -0.435. The highest BCUT2D eigenvalue weighted by molar-refractivity contribution is 5.74. The molecule has 5 heteroatoms. The molecule has 1 atom stereocenters. The molecule has 0 aromatic rings. The lowest BCUT2D eigenvalue weighted by Gasteiger charge is -2.27. The van der Waals surface area contributed by atoms with E-state index in [0.29, 0.717) is 26.3 Å². The first-order chi connectivity index (χ1) is 6.24. The van der Waals surface area contributed by atoms with Crippen molar-refractivity contribution >= 4 is 6.03 Å². The largest absolute Gasteiger partial charge is 0.378 e. The van der Waals surface area contributed by atoms with E-state index in [1.54, 1.807) is 11.8 Å².